The maximum absolute atomic E-state index is 11.4. The maximum Gasteiger partial charge on any atom is 0.246 e. The summed E-state index contributed by atoms with van der Waals surface area (Å²) in [5.41, 5.74) is 0.684. The standard InChI is InChI=1S/C9H10ClN3O/c1-2-5-9(14)12-6-3-4-7(10)13-8(6)11-5/h3-5H,2H2,1H3,(H,11,13)(H,12,14). The Morgan fingerprint density at radius 2 is 2.36 bits per heavy atom. The number of nitrogens with one attached hydrogen (secondary N) is 2. The smallest absolute Gasteiger partial charge is 0.246 e. The molecule has 0 bridgehead atoms. The fourth-order valence-corrected chi connectivity index (χ4v) is 1.53. The Morgan fingerprint density at radius 3 is 3.07 bits per heavy atom. The average molecular weight is 212 g/mol. The monoisotopic (exact) mass is 211 g/mol. The van der Waals surface area contributed by atoms with Crippen LogP contribution in [0.15, 0.2) is 12.1 Å². The molecule has 74 valence electrons. The number of hydrogen-bond acceptors (Lipinski definition) is 3. The Morgan fingerprint density at radius 1 is 1.57 bits per heavy atom. The molecule has 0 radical (unpaired) electrons. The molecule has 1 aliphatic rings. The quantitative estimate of drug-likeness (QED) is 0.698. The molecule has 4 nitrogen and oxygen atoms in total. The lowest BCUT2D eigenvalue weighted by atomic mass is 10.1. The Hall–Kier alpha value is -1.29. The first-order valence-electron chi connectivity index (χ1n) is 4.44. The van der Waals surface area contributed by atoms with Crippen LogP contribution in [0.2, 0.25) is 5.15 Å². The lowest BCUT2D eigenvalue weighted by Crippen LogP contribution is -2.38. The Balaban J connectivity index is 2.36. The van der Waals surface area contributed by atoms with Crippen molar-refractivity contribution in [2.24, 2.45) is 0 Å². The zero-order chi connectivity index (χ0) is 10.1. The molecule has 0 aromatic carbocycles. The molecule has 0 saturated heterocycles. The summed E-state index contributed by atoms with van der Waals surface area (Å²) in [5.74, 6) is 0.619. The van der Waals surface area contributed by atoms with Gasteiger partial charge in [-0.05, 0) is 18.6 Å². The summed E-state index contributed by atoms with van der Waals surface area (Å²) in [5, 5.41) is 6.21. The number of nitrogens with zero attached hydrogens (tertiary/aromatic N) is 1. The van der Waals surface area contributed by atoms with Crippen LogP contribution in [0.5, 0.6) is 0 Å². The first-order chi connectivity index (χ1) is 6.70. The molecule has 5 heteroatoms. The van der Waals surface area contributed by atoms with Gasteiger partial charge in [0, 0.05) is 0 Å². The van der Waals surface area contributed by atoms with Crippen molar-refractivity contribution < 1.29 is 4.79 Å². The van der Waals surface area contributed by atoms with Gasteiger partial charge in [0.1, 0.15) is 11.2 Å². The Kier molecular flexibility index (Phi) is 2.29. The minimum absolute atomic E-state index is 0.0240. The lowest BCUT2D eigenvalue weighted by Gasteiger charge is -2.24. The van der Waals surface area contributed by atoms with Crippen LogP contribution in [0.3, 0.4) is 0 Å². The number of anilines is 2. The normalized spacial score (nSPS) is 19.6. The minimum atomic E-state index is -0.214. The van der Waals surface area contributed by atoms with Crippen molar-refractivity contribution in [2.75, 3.05) is 10.6 Å². The molecule has 1 aliphatic heterocycles. The third-order valence-corrected chi connectivity index (χ3v) is 2.37. The highest BCUT2D eigenvalue weighted by molar-refractivity contribution is 6.29. The predicted octanol–water partition coefficient (Wildman–Crippen LogP) is 1.88. The molecule has 2 heterocycles. The van der Waals surface area contributed by atoms with E-state index in [1.54, 1.807) is 12.1 Å². The maximum atomic E-state index is 11.4. The molecule has 0 spiro atoms. The highest BCUT2D eigenvalue weighted by atomic mass is 35.5. The fraction of sp³-hybridized carbons (Fsp3) is 0.333. The van der Waals surface area contributed by atoms with Gasteiger partial charge in [-0.3, -0.25) is 4.79 Å². The van der Waals surface area contributed by atoms with Crippen LogP contribution < -0.4 is 10.6 Å². The van der Waals surface area contributed by atoms with Crippen LogP contribution in [0, 0.1) is 0 Å². The van der Waals surface area contributed by atoms with Gasteiger partial charge in [0.05, 0.1) is 5.69 Å². The minimum Gasteiger partial charge on any atom is -0.357 e. The zero-order valence-electron chi connectivity index (χ0n) is 7.67. The van der Waals surface area contributed by atoms with Gasteiger partial charge < -0.3 is 10.6 Å². The highest BCUT2D eigenvalue weighted by Gasteiger charge is 2.24. The third-order valence-electron chi connectivity index (χ3n) is 2.15. The van der Waals surface area contributed by atoms with Crippen LogP contribution >= 0.6 is 11.6 Å². The number of fused-ring (bicyclic) bond motifs is 1. The summed E-state index contributed by atoms with van der Waals surface area (Å²) < 4.78 is 0. The van der Waals surface area contributed by atoms with Crippen molar-refractivity contribution in [2.45, 2.75) is 19.4 Å². The molecule has 0 fully saturated rings. The van der Waals surface area contributed by atoms with Gasteiger partial charge >= 0.3 is 0 Å². The van der Waals surface area contributed by atoms with E-state index in [0.29, 0.717) is 16.7 Å². The van der Waals surface area contributed by atoms with Crippen LogP contribution in [0.1, 0.15) is 13.3 Å². The van der Waals surface area contributed by atoms with E-state index < -0.39 is 0 Å². The average Bonchev–Trinajstić information content (AvgIpc) is 2.17. The van der Waals surface area contributed by atoms with Crippen molar-refractivity contribution in [3.05, 3.63) is 17.3 Å². The van der Waals surface area contributed by atoms with Crippen molar-refractivity contribution in [3.63, 3.8) is 0 Å². The van der Waals surface area contributed by atoms with E-state index in [4.69, 9.17) is 11.6 Å². The van der Waals surface area contributed by atoms with Gasteiger partial charge in [0.25, 0.3) is 0 Å². The Labute approximate surface area is 86.7 Å². The molecular weight excluding hydrogens is 202 g/mol. The van der Waals surface area contributed by atoms with Crippen LogP contribution in [0.4, 0.5) is 11.5 Å². The summed E-state index contributed by atoms with van der Waals surface area (Å²) >= 11 is 5.74. The van der Waals surface area contributed by atoms with Gasteiger partial charge in [-0.25, -0.2) is 4.98 Å². The fourth-order valence-electron chi connectivity index (χ4n) is 1.38. The summed E-state index contributed by atoms with van der Waals surface area (Å²) in [6.45, 7) is 1.94. The van der Waals surface area contributed by atoms with E-state index in [1.165, 1.54) is 0 Å². The van der Waals surface area contributed by atoms with Crippen molar-refractivity contribution in [1.29, 1.82) is 0 Å². The number of carbonyl (C=O) groups is 1. The van der Waals surface area contributed by atoms with Crippen molar-refractivity contribution in [3.8, 4) is 0 Å². The topological polar surface area (TPSA) is 54.0 Å². The molecule has 0 aliphatic carbocycles. The number of carbonyl (C=O) groups excluding carboxylic acids is 1. The summed E-state index contributed by atoms with van der Waals surface area (Å²) in [4.78, 5) is 15.5. The molecule has 1 amide bonds. The molecule has 1 atom stereocenters. The number of pyridine rings is 1. The molecule has 1 aromatic rings. The number of halogens is 1. The van der Waals surface area contributed by atoms with Crippen LogP contribution in [0.25, 0.3) is 0 Å². The largest absolute Gasteiger partial charge is 0.357 e. The second kappa shape index (κ2) is 3.46. The number of hydrogen-bond donors (Lipinski definition) is 2. The molecule has 1 aromatic heterocycles. The second-order valence-electron chi connectivity index (χ2n) is 3.12. The van der Waals surface area contributed by atoms with Crippen LogP contribution in [-0.2, 0) is 4.79 Å². The molecule has 0 saturated carbocycles. The summed E-state index contributed by atoms with van der Waals surface area (Å²) in [6, 6.07) is 3.17. The van der Waals surface area contributed by atoms with Crippen LogP contribution in [-0.4, -0.2) is 16.9 Å². The van der Waals surface area contributed by atoms with Crippen molar-refractivity contribution in [1.82, 2.24) is 4.98 Å². The molecular formula is C9H10ClN3O. The number of rotatable bonds is 1. The Bertz CT molecular complexity index is 380. The van der Waals surface area contributed by atoms with Crippen molar-refractivity contribution >= 4 is 29.0 Å². The van der Waals surface area contributed by atoms with Gasteiger partial charge in [0.15, 0.2) is 5.82 Å². The van der Waals surface area contributed by atoms with E-state index >= 15 is 0 Å². The molecule has 2 N–H and O–H groups in total. The first kappa shape index (κ1) is 9.27. The molecule has 14 heavy (non-hydrogen) atoms. The number of aromatic nitrogens is 1. The van der Waals surface area contributed by atoms with E-state index in [0.717, 1.165) is 6.42 Å². The lowest BCUT2D eigenvalue weighted by molar-refractivity contribution is -0.117. The predicted molar refractivity (Wildman–Crippen MR) is 55.6 cm³/mol. The van der Waals surface area contributed by atoms with E-state index in [9.17, 15) is 4.79 Å². The first-order valence-corrected chi connectivity index (χ1v) is 4.82. The van der Waals surface area contributed by atoms with E-state index in [-0.39, 0.29) is 11.9 Å². The van der Waals surface area contributed by atoms with E-state index in [1.807, 2.05) is 6.92 Å². The number of amides is 1. The SMILES string of the molecule is CCC1Nc2nc(Cl)ccc2NC1=O. The van der Waals surface area contributed by atoms with Gasteiger partial charge in [-0.1, -0.05) is 18.5 Å². The second-order valence-corrected chi connectivity index (χ2v) is 3.51. The van der Waals surface area contributed by atoms with Gasteiger partial charge in [-0.2, -0.15) is 0 Å². The van der Waals surface area contributed by atoms with Gasteiger partial charge in [-0.15, -0.1) is 0 Å². The molecule has 2 rings (SSSR count). The highest BCUT2D eigenvalue weighted by Crippen LogP contribution is 2.26. The van der Waals surface area contributed by atoms with Gasteiger partial charge in [0.2, 0.25) is 5.91 Å². The summed E-state index contributed by atoms with van der Waals surface area (Å²) in [7, 11) is 0. The van der Waals surface area contributed by atoms with E-state index in [2.05, 4.69) is 15.6 Å². The third kappa shape index (κ3) is 1.53. The zero-order valence-corrected chi connectivity index (χ0v) is 8.43. The molecule has 1 unspecified atom stereocenters. The summed E-state index contributed by atoms with van der Waals surface area (Å²) in [6.07, 6.45) is 0.722.